The second kappa shape index (κ2) is 9.42. The minimum Gasteiger partial charge on any atom is -0.406 e. The van der Waals surface area contributed by atoms with Crippen molar-refractivity contribution in [3.63, 3.8) is 0 Å². The molecule has 2 aromatic carbocycles. The molecule has 1 aromatic heterocycles. The van der Waals surface area contributed by atoms with Crippen molar-refractivity contribution in [2.45, 2.75) is 33.6 Å². The maximum Gasteiger partial charge on any atom is 0.573 e. The van der Waals surface area contributed by atoms with Gasteiger partial charge in [-0.3, -0.25) is 0 Å². The number of alkyl halides is 3. The normalized spacial score (nSPS) is 11.9. The molecule has 3 aromatic rings. The monoisotopic (exact) mass is 446 g/mol. The molecular weight excluding hydrogens is 421 g/mol. The van der Waals surface area contributed by atoms with Crippen LogP contribution in [0.25, 0.3) is 11.3 Å². The highest BCUT2D eigenvalue weighted by atomic mass is 19.4. The Kier molecular flexibility index (Phi) is 6.86. The van der Waals surface area contributed by atoms with E-state index in [9.17, 15) is 18.0 Å². The second-order valence-electron chi connectivity index (χ2n) is 8.62. The lowest BCUT2D eigenvalue weighted by Crippen LogP contribution is -2.41. The summed E-state index contributed by atoms with van der Waals surface area (Å²) in [6.45, 7) is 7.18. The lowest BCUT2D eigenvalue weighted by atomic mass is 9.96. The van der Waals surface area contributed by atoms with Gasteiger partial charge >= 0.3 is 12.4 Å². The average Bonchev–Trinajstić information content (AvgIpc) is 3.20. The van der Waals surface area contributed by atoms with Crippen molar-refractivity contribution >= 4 is 6.03 Å². The number of nitrogens with zero attached hydrogens (tertiary/aromatic N) is 4. The predicted octanol–water partition coefficient (Wildman–Crippen LogP) is 5.40. The number of hydrogen-bond donors (Lipinski definition) is 0. The quantitative estimate of drug-likeness (QED) is 0.509. The Morgan fingerprint density at radius 2 is 1.69 bits per heavy atom. The third-order valence-electron chi connectivity index (χ3n) is 4.52. The van der Waals surface area contributed by atoms with E-state index in [1.54, 1.807) is 4.90 Å². The van der Waals surface area contributed by atoms with E-state index in [2.05, 4.69) is 15.0 Å². The first kappa shape index (κ1) is 23.3. The highest BCUT2D eigenvalue weighted by molar-refractivity contribution is 5.77. The fraction of sp³-hybridized carbons (Fsp3) is 0.348. The number of benzene rings is 2. The van der Waals surface area contributed by atoms with E-state index in [4.69, 9.17) is 0 Å². The van der Waals surface area contributed by atoms with Crippen molar-refractivity contribution in [2.75, 3.05) is 13.1 Å². The molecule has 6 nitrogen and oxygen atoms in total. The fourth-order valence-electron chi connectivity index (χ4n) is 3.19. The molecule has 0 radical (unpaired) electrons. The van der Waals surface area contributed by atoms with Crippen LogP contribution in [-0.4, -0.2) is 45.4 Å². The molecule has 0 aliphatic heterocycles. The zero-order chi connectivity index (χ0) is 23.4. The lowest BCUT2D eigenvalue weighted by Gasteiger charge is -2.29. The summed E-state index contributed by atoms with van der Waals surface area (Å²) in [6.07, 6.45) is -2.58. The molecular formula is C23H25F3N4O2. The Balaban J connectivity index is 1.74. The third-order valence-corrected chi connectivity index (χ3v) is 4.52. The Morgan fingerprint density at radius 3 is 2.28 bits per heavy atom. The van der Waals surface area contributed by atoms with E-state index in [-0.39, 0.29) is 17.2 Å². The largest absolute Gasteiger partial charge is 0.573 e. The molecule has 1 heterocycles. The minimum absolute atomic E-state index is 0.121. The van der Waals surface area contributed by atoms with Crippen molar-refractivity contribution in [2.24, 2.45) is 5.41 Å². The van der Waals surface area contributed by atoms with Gasteiger partial charge in [0.25, 0.3) is 0 Å². The number of halogens is 3. The molecule has 0 saturated heterocycles. The summed E-state index contributed by atoms with van der Waals surface area (Å²) < 4.78 is 42.0. The van der Waals surface area contributed by atoms with E-state index < -0.39 is 6.36 Å². The van der Waals surface area contributed by atoms with E-state index in [0.717, 1.165) is 10.2 Å². The summed E-state index contributed by atoms with van der Waals surface area (Å²) in [7, 11) is 0. The van der Waals surface area contributed by atoms with Gasteiger partial charge in [-0.15, -0.1) is 18.3 Å². The predicted molar refractivity (Wildman–Crippen MR) is 114 cm³/mol. The number of rotatable bonds is 6. The maximum absolute atomic E-state index is 13.1. The molecule has 0 unspecified atom stereocenters. The number of hydrogen-bond acceptors (Lipinski definition) is 4. The maximum atomic E-state index is 13.1. The zero-order valence-electron chi connectivity index (χ0n) is 18.1. The van der Waals surface area contributed by atoms with Gasteiger partial charge < -0.3 is 9.64 Å². The van der Waals surface area contributed by atoms with Gasteiger partial charge in [0.1, 0.15) is 11.4 Å². The summed E-state index contributed by atoms with van der Waals surface area (Å²) in [6, 6.07) is 14.8. The van der Waals surface area contributed by atoms with Crippen LogP contribution in [0.2, 0.25) is 0 Å². The van der Waals surface area contributed by atoms with Gasteiger partial charge in [-0.25, -0.2) is 4.79 Å². The topological polar surface area (TPSA) is 60.2 Å². The van der Waals surface area contributed by atoms with Crippen molar-refractivity contribution in [3.8, 4) is 17.0 Å². The van der Waals surface area contributed by atoms with Crippen molar-refractivity contribution in [1.82, 2.24) is 19.9 Å². The first-order valence-corrected chi connectivity index (χ1v) is 10.1. The molecule has 0 N–H and O–H groups in total. The Morgan fingerprint density at radius 1 is 1.03 bits per heavy atom. The van der Waals surface area contributed by atoms with E-state index in [1.165, 1.54) is 30.5 Å². The van der Waals surface area contributed by atoms with E-state index in [0.29, 0.717) is 30.8 Å². The van der Waals surface area contributed by atoms with Crippen molar-refractivity contribution < 1.29 is 22.7 Å². The highest BCUT2D eigenvalue weighted by Gasteiger charge is 2.31. The van der Waals surface area contributed by atoms with Crippen LogP contribution in [0, 0.1) is 5.41 Å². The van der Waals surface area contributed by atoms with Crippen LogP contribution < -0.4 is 4.74 Å². The first-order valence-electron chi connectivity index (χ1n) is 10.1. The molecule has 9 heteroatoms. The molecule has 0 bridgehead atoms. The second-order valence-corrected chi connectivity index (χ2v) is 8.62. The third kappa shape index (κ3) is 6.83. The standard InChI is InChI=1S/C23H25F3N4O2/c1-22(2,3)16-29(14-13-17-7-5-4-6-8-17)21(31)30-15-20(27-28-30)18-9-11-19(12-10-18)32-23(24,25)26/h4-12,15H,13-14,16H2,1-3H3. The van der Waals surface area contributed by atoms with E-state index in [1.807, 2.05) is 51.1 Å². The summed E-state index contributed by atoms with van der Waals surface area (Å²) >= 11 is 0. The lowest BCUT2D eigenvalue weighted by molar-refractivity contribution is -0.274. The van der Waals surface area contributed by atoms with E-state index >= 15 is 0 Å². The summed E-state index contributed by atoms with van der Waals surface area (Å²) in [5, 5.41) is 7.96. The average molecular weight is 446 g/mol. The molecule has 0 aliphatic rings. The molecule has 0 atom stereocenters. The molecule has 0 spiro atoms. The highest BCUT2D eigenvalue weighted by Crippen LogP contribution is 2.25. The first-order chi connectivity index (χ1) is 15.0. The van der Waals surface area contributed by atoms with Crippen LogP contribution in [-0.2, 0) is 6.42 Å². The smallest absolute Gasteiger partial charge is 0.406 e. The number of carbonyl (C=O) groups excluding carboxylic acids is 1. The van der Waals surface area contributed by atoms with Gasteiger partial charge in [0, 0.05) is 18.7 Å². The van der Waals surface area contributed by atoms with Crippen LogP contribution in [0.3, 0.4) is 0 Å². The SMILES string of the molecule is CC(C)(C)CN(CCc1ccccc1)C(=O)n1cc(-c2ccc(OC(F)(F)F)cc2)nn1. The summed E-state index contributed by atoms with van der Waals surface area (Å²) in [4.78, 5) is 14.9. The van der Waals surface area contributed by atoms with Gasteiger partial charge in [0.05, 0.1) is 6.20 Å². The van der Waals surface area contributed by atoms with Crippen LogP contribution >= 0.6 is 0 Å². The fourth-order valence-corrected chi connectivity index (χ4v) is 3.19. The molecule has 0 fully saturated rings. The Hall–Kier alpha value is -3.36. The van der Waals surface area contributed by atoms with Crippen LogP contribution in [0.1, 0.15) is 26.3 Å². The number of aromatic nitrogens is 3. The van der Waals surface area contributed by atoms with Gasteiger partial charge in [-0.2, -0.15) is 4.68 Å². The molecule has 0 aliphatic carbocycles. The number of carbonyl (C=O) groups is 1. The van der Waals surface area contributed by atoms with Gasteiger partial charge in [-0.05, 0) is 41.7 Å². The molecule has 3 rings (SSSR count). The number of amides is 1. The summed E-state index contributed by atoms with van der Waals surface area (Å²) in [5.74, 6) is -0.331. The summed E-state index contributed by atoms with van der Waals surface area (Å²) in [5.41, 5.74) is 1.89. The van der Waals surface area contributed by atoms with Crippen LogP contribution in [0.4, 0.5) is 18.0 Å². The van der Waals surface area contributed by atoms with Crippen LogP contribution in [0.5, 0.6) is 5.75 Å². The minimum atomic E-state index is -4.76. The number of ether oxygens (including phenoxy) is 1. The van der Waals surface area contributed by atoms with Crippen LogP contribution in [0.15, 0.2) is 60.8 Å². The van der Waals surface area contributed by atoms with Gasteiger partial charge in [0.2, 0.25) is 0 Å². The molecule has 32 heavy (non-hydrogen) atoms. The molecule has 170 valence electrons. The van der Waals surface area contributed by atoms with Crippen molar-refractivity contribution in [1.29, 1.82) is 0 Å². The Labute approximate surface area is 184 Å². The van der Waals surface area contributed by atoms with Gasteiger partial charge in [-0.1, -0.05) is 56.3 Å². The molecule has 0 saturated carbocycles. The zero-order valence-corrected chi connectivity index (χ0v) is 18.1. The molecule has 1 amide bonds. The van der Waals surface area contributed by atoms with Crippen molar-refractivity contribution in [3.05, 3.63) is 66.4 Å². The van der Waals surface area contributed by atoms with Gasteiger partial charge in [0.15, 0.2) is 0 Å². The Bertz CT molecular complexity index is 1030.